The Bertz CT molecular complexity index is 307. The predicted molar refractivity (Wildman–Crippen MR) is 86.5 cm³/mol. The van der Waals surface area contributed by atoms with E-state index >= 15 is 0 Å². The van der Waals surface area contributed by atoms with Crippen molar-refractivity contribution in [2.45, 2.75) is 52.6 Å². The molecule has 5 nitrogen and oxygen atoms in total. The van der Waals surface area contributed by atoms with Crippen molar-refractivity contribution in [1.29, 1.82) is 0 Å². The smallest absolute Gasteiger partial charge is 0.323 e. The van der Waals surface area contributed by atoms with Gasteiger partial charge in [-0.3, -0.25) is 9.69 Å². The van der Waals surface area contributed by atoms with E-state index in [0.29, 0.717) is 6.61 Å². The van der Waals surface area contributed by atoms with Crippen LogP contribution in [-0.2, 0) is 9.53 Å². The second-order valence-electron chi connectivity index (χ2n) is 6.65. The van der Waals surface area contributed by atoms with Crippen molar-refractivity contribution >= 4 is 5.97 Å². The molecular formula is C16H33N3O2. The normalized spacial score (nSPS) is 19.5. The molecule has 0 spiro atoms. The lowest BCUT2D eigenvalue weighted by molar-refractivity contribution is -0.145. The van der Waals surface area contributed by atoms with Crippen molar-refractivity contribution in [2.24, 2.45) is 0 Å². The molecule has 1 unspecified atom stereocenters. The summed E-state index contributed by atoms with van der Waals surface area (Å²) in [5, 5.41) is 3.23. The molecule has 0 radical (unpaired) electrons. The minimum Gasteiger partial charge on any atom is -0.465 e. The molecule has 0 bridgehead atoms. The molecule has 1 saturated heterocycles. The van der Waals surface area contributed by atoms with Gasteiger partial charge in [0.05, 0.1) is 6.61 Å². The Morgan fingerprint density at radius 2 is 1.81 bits per heavy atom. The van der Waals surface area contributed by atoms with Crippen molar-refractivity contribution in [3.05, 3.63) is 0 Å². The first-order valence-corrected chi connectivity index (χ1v) is 8.26. The molecule has 0 aromatic carbocycles. The molecule has 1 N–H and O–H groups in total. The molecule has 1 fully saturated rings. The number of carbonyl (C=O) groups is 1. The van der Waals surface area contributed by atoms with Crippen LogP contribution < -0.4 is 5.32 Å². The molecule has 1 aliphatic heterocycles. The van der Waals surface area contributed by atoms with E-state index in [1.807, 2.05) is 13.8 Å². The van der Waals surface area contributed by atoms with Crippen LogP contribution in [0.3, 0.4) is 0 Å². The minimum atomic E-state index is -0.171. The summed E-state index contributed by atoms with van der Waals surface area (Å²) in [6.07, 6.45) is 0.822. The van der Waals surface area contributed by atoms with Crippen LogP contribution in [-0.4, -0.2) is 73.2 Å². The molecule has 1 heterocycles. The Labute approximate surface area is 130 Å². The van der Waals surface area contributed by atoms with Gasteiger partial charge in [-0.1, -0.05) is 6.92 Å². The van der Waals surface area contributed by atoms with Gasteiger partial charge in [-0.15, -0.1) is 0 Å². The lowest BCUT2D eigenvalue weighted by atomic mass is 10.0. The summed E-state index contributed by atoms with van der Waals surface area (Å²) in [4.78, 5) is 16.9. The van der Waals surface area contributed by atoms with Crippen LogP contribution in [0.15, 0.2) is 0 Å². The summed E-state index contributed by atoms with van der Waals surface area (Å²) >= 11 is 0. The van der Waals surface area contributed by atoms with Gasteiger partial charge < -0.3 is 15.0 Å². The van der Waals surface area contributed by atoms with Gasteiger partial charge in [0.15, 0.2) is 0 Å². The highest BCUT2D eigenvalue weighted by atomic mass is 16.5. The number of ether oxygens (including phenoxy) is 1. The number of piperazine rings is 1. The number of rotatable bonds is 7. The number of likely N-dealkylation sites (N-methyl/N-ethyl adjacent to an activating group) is 1. The first kappa shape index (κ1) is 18.4. The lowest BCUT2D eigenvalue weighted by Gasteiger charge is -2.42. The van der Waals surface area contributed by atoms with Gasteiger partial charge >= 0.3 is 5.97 Å². The Morgan fingerprint density at radius 3 is 2.29 bits per heavy atom. The maximum atomic E-state index is 11.9. The van der Waals surface area contributed by atoms with Crippen molar-refractivity contribution in [3.63, 3.8) is 0 Å². The highest BCUT2D eigenvalue weighted by molar-refractivity contribution is 5.75. The average molecular weight is 299 g/mol. The van der Waals surface area contributed by atoms with E-state index in [-0.39, 0.29) is 17.6 Å². The zero-order valence-corrected chi connectivity index (χ0v) is 14.4. The van der Waals surface area contributed by atoms with Gasteiger partial charge in [-0.2, -0.15) is 0 Å². The third kappa shape index (κ3) is 6.32. The SMILES string of the molecule is CCNC(CCN1CCN(C(C)(C)C)CC1)C(=O)OCC. The van der Waals surface area contributed by atoms with Crippen LogP contribution in [0, 0.1) is 0 Å². The van der Waals surface area contributed by atoms with Crippen molar-refractivity contribution in [2.75, 3.05) is 45.9 Å². The van der Waals surface area contributed by atoms with Crippen LogP contribution in [0.4, 0.5) is 0 Å². The Hall–Kier alpha value is -0.650. The van der Waals surface area contributed by atoms with Gasteiger partial charge in [0.1, 0.15) is 6.04 Å². The number of carbonyl (C=O) groups excluding carboxylic acids is 1. The number of esters is 1. The third-order valence-electron chi connectivity index (χ3n) is 4.08. The summed E-state index contributed by atoms with van der Waals surface area (Å²) < 4.78 is 5.13. The number of nitrogens with one attached hydrogen (secondary N) is 1. The molecular weight excluding hydrogens is 266 g/mol. The molecule has 21 heavy (non-hydrogen) atoms. The predicted octanol–water partition coefficient (Wildman–Crippen LogP) is 1.33. The van der Waals surface area contributed by atoms with Gasteiger partial charge in [-0.25, -0.2) is 0 Å². The van der Waals surface area contributed by atoms with E-state index in [1.165, 1.54) is 0 Å². The second kappa shape index (κ2) is 8.71. The van der Waals surface area contributed by atoms with Crippen LogP contribution in [0.1, 0.15) is 41.0 Å². The number of hydrogen-bond donors (Lipinski definition) is 1. The average Bonchev–Trinajstić information content (AvgIpc) is 2.43. The Kier molecular flexibility index (Phi) is 7.63. The second-order valence-corrected chi connectivity index (χ2v) is 6.65. The zero-order chi connectivity index (χ0) is 15.9. The first-order valence-electron chi connectivity index (χ1n) is 8.26. The quantitative estimate of drug-likeness (QED) is 0.719. The Morgan fingerprint density at radius 1 is 1.19 bits per heavy atom. The van der Waals surface area contributed by atoms with Gasteiger partial charge in [0.25, 0.3) is 0 Å². The highest BCUT2D eigenvalue weighted by Gasteiger charge is 2.26. The summed E-state index contributed by atoms with van der Waals surface area (Å²) in [6, 6.07) is -0.171. The monoisotopic (exact) mass is 299 g/mol. The molecule has 0 aromatic rings. The van der Waals surface area contributed by atoms with E-state index in [9.17, 15) is 4.79 Å². The fourth-order valence-electron chi connectivity index (χ4n) is 2.75. The topological polar surface area (TPSA) is 44.8 Å². The molecule has 0 aromatic heterocycles. The van der Waals surface area contributed by atoms with E-state index < -0.39 is 0 Å². The van der Waals surface area contributed by atoms with E-state index in [4.69, 9.17) is 4.74 Å². The van der Waals surface area contributed by atoms with Crippen molar-refractivity contribution < 1.29 is 9.53 Å². The van der Waals surface area contributed by atoms with Crippen LogP contribution in [0.2, 0.25) is 0 Å². The Balaban J connectivity index is 2.35. The van der Waals surface area contributed by atoms with Gasteiger partial charge in [-0.05, 0) is 40.7 Å². The number of nitrogens with zero attached hydrogens (tertiary/aromatic N) is 2. The van der Waals surface area contributed by atoms with Crippen LogP contribution in [0.25, 0.3) is 0 Å². The fourth-order valence-corrected chi connectivity index (χ4v) is 2.75. The molecule has 124 valence electrons. The summed E-state index contributed by atoms with van der Waals surface area (Å²) in [5.74, 6) is -0.118. The maximum absolute atomic E-state index is 11.9. The van der Waals surface area contributed by atoms with E-state index in [1.54, 1.807) is 0 Å². The molecule has 1 atom stereocenters. The van der Waals surface area contributed by atoms with Gasteiger partial charge in [0, 0.05) is 38.3 Å². The molecule has 0 amide bonds. The van der Waals surface area contributed by atoms with Crippen molar-refractivity contribution in [3.8, 4) is 0 Å². The van der Waals surface area contributed by atoms with E-state index in [2.05, 4.69) is 35.9 Å². The minimum absolute atomic E-state index is 0.118. The van der Waals surface area contributed by atoms with Crippen LogP contribution >= 0.6 is 0 Å². The van der Waals surface area contributed by atoms with E-state index in [0.717, 1.165) is 45.7 Å². The highest BCUT2D eigenvalue weighted by Crippen LogP contribution is 2.16. The third-order valence-corrected chi connectivity index (χ3v) is 4.08. The molecule has 0 aliphatic carbocycles. The fraction of sp³-hybridized carbons (Fsp3) is 0.938. The molecule has 0 saturated carbocycles. The molecule has 5 heteroatoms. The summed E-state index contributed by atoms with van der Waals surface area (Å²) in [6.45, 7) is 17.3. The largest absolute Gasteiger partial charge is 0.465 e. The zero-order valence-electron chi connectivity index (χ0n) is 14.4. The molecule has 1 rings (SSSR count). The first-order chi connectivity index (χ1) is 9.88. The maximum Gasteiger partial charge on any atom is 0.323 e. The van der Waals surface area contributed by atoms with Crippen molar-refractivity contribution in [1.82, 2.24) is 15.1 Å². The van der Waals surface area contributed by atoms with Gasteiger partial charge in [0.2, 0.25) is 0 Å². The molecule has 1 aliphatic rings. The standard InChI is InChI=1S/C16H33N3O2/c1-6-17-14(15(20)21-7-2)8-9-18-10-12-19(13-11-18)16(3,4)5/h14,17H,6-13H2,1-5H3. The summed E-state index contributed by atoms with van der Waals surface area (Å²) in [7, 11) is 0. The van der Waals surface area contributed by atoms with Crippen LogP contribution in [0.5, 0.6) is 0 Å². The lowest BCUT2D eigenvalue weighted by Crippen LogP contribution is -2.54. The summed E-state index contributed by atoms with van der Waals surface area (Å²) in [5.41, 5.74) is 0.253. The number of hydrogen-bond acceptors (Lipinski definition) is 5.